The monoisotopic (exact) mass is 344 g/mol. The van der Waals surface area contributed by atoms with Crippen LogP contribution in [0.1, 0.15) is 21.6 Å². The minimum absolute atomic E-state index is 0.0760. The van der Waals surface area contributed by atoms with Crippen LogP contribution >= 0.6 is 0 Å². The van der Waals surface area contributed by atoms with Crippen LogP contribution in [0.5, 0.6) is 11.5 Å². The molecule has 0 atom stereocenters. The van der Waals surface area contributed by atoms with Crippen molar-refractivity contribution in [3.63, 3.8) is 0 Å². The summed E-state index contributed by atoms with van der Waals surface area (Å²) in [6.07, 6.45) is -3.60. The number of para-hydroxylation sites is 1. The number of hydrogen-bond acceptors (Lipinski definition) is 5. The number of nitrogens with one attached hydrogen (secondary N) is 1. The maximum Gasteiger partial charge on any atom is 0.433 e. The molecule has 0 aliphatic rings. The number of ether oxygens (including phenoxy) is 3. The van der Waals surface area contributed by atoms with Gasteiger partial charge in [0.25, 0.3) is 0 Å². The highest BCUT2D eigenvalue weighted by Gasteiger charge is 2.35. The van der Waals surface area contributed by atoms with Gasteiger partial charge >= 0.3 is 12.1 Å². The van der Waals surface area contributed by atoms with Gasteiger partial charge in [-0.2, -0.15) is 18.3 Å². The number of benzene rings is 1. The van der Waals surface area contributed by atoms with E-state index in [0.29, 0.717) is 5.75 Å². The third kappa shape index (κ3) is 3.79. The van der Waals surface area contributed by atoms with Crippen molar-refractivity contribution >= 4 is 5.97 Å². The van der Waals surface area contributed by atoms with E-state index < -0.39 is 17.8 Å². The smallest absolute Gasteiger partial charge is 0.433 e. The second-order valence-electron chi connectivity index (χ2n) is 4.70. The summed E-state index contributed by atoms with van der Waals surface area (Å²) in [5.74, 6) is -0.173. The molecule has 0 saturated carbocycles. The maximum atomic E-state index is 12.7. The van der Waals surface area contributed by atoms with Gasteiger partial charge in [0, 0.05) is 12.0 Å². The van der Waals surface area contributed by atoms with Gasteiger partial charge < -0.3 is 14.2 Å². The zero-order valence-electron chi connectivity index (χ0n) is 12.9. The molecule has 2 aromatic rings. The highest BCUT2D eigenvalue weighted by molar-refractivity contribution is 5.93. The zero-order chi connectivity index (χ0) is 17.7. The fourth-order valence-electron chi connectivity index (χ4n) is 2.13. The first kappa shape index (κ1) is 17.6. The minimum Gasteiger partial charge on any atom is -0.493 e. The molecule has 2 rings (SSSR count). The van der Waals surface area contributed by atoms with Gasteiger partial charge in [0.15, 0.2) is 11.5 Å². The van der Waals surface area contributed by atoms with Crippen LogP contribution in [0.25, 0.3) is 0 Å². The highest BCUT2D eigenvalue weighted by Crippen LogP contribution is 2.32. The Morgan fingerprint density at radius 3 is 2.62 bits per heavy atom. The normalized spacial score (nSPS) is 11.2. The number of aromatic amines is 1. The molecule has 0 fully saturated rings. The molecule has 0 radical (unpaired) electrons. The molecule has 0 bridgehead atoms. The fraction of sp³-hybridized carbons (Fsp3) is 0.333. The van der Waals surface area contributed by atoms with E-state index in [-0.39, 0.29) is 29.9 Å². The summed E-state index contributed by atoms with van der Waals surface area (Å²) in [4.78, 5) is 12.1. The summed E-state index contributed by atoms with van der Waals surface area (Å²) in [6.45, 7) is -0.234. The van der Waals surface area contributed by atoms with Gasteiger partial charge in [-0.05, 0) is 12.1 Å². The Morgan fingerprint density at radius 2 is 2.00 bits per heavy atom. The average molecular weight is 344 g/mol. The predicted molar refractivity (Wildman–Crippen MR) is 77.1 cm³/mol. The Labute approximate surface area is 135 Å². The van der Waals surface area contributed by atoms with Crippen LogP contribution < -0.4 is 9.47 Å². The lowest BCUT2D eigenvalue weighted by atomic mass is 10.1. The molecule has 0 unspecified atom stereocenters. The molecule has 6 nitrogen and oxygen atoms in total. The molecule has 0 aliphatic heterocycles. The van der Waals surface area contributed by atoms with Crippen molar-refractivity contribution in [3.05, 3.63) is 41.2 Å². The largest absolute Gasteiger partial charge is 0.493 e. The van der Waals surface area contributed by atoms with E-state index in [4.69, 9.17) is 14.2 Å². The summed E-state index contributed by atoms with van der Waals surface area (Å²) in [5, 5.41) is 5.27. The van der Waals surface area contributed by atoms with Gasteiger partial charge in [-0.15, -0.1) is 0 Å². The van der Waals surface area contributed by atoms with Crippen LogP contribution in [0.3, 0.4) is 0 Å². The molecular weight excluding hydrogens is 329 g/mol. The Morgan fingerprint density at radius 1 is 1.25 bits per heavy atom. The van der Waals surface area contributed by atoms with E-state index in [1.54, 1.807) is 12.1 Å². The van der Waals surface area contributed by atoms with Gasteiger partial charge in [-0.1, -0.05) is 6.07 Å². The lowest BCUT2D eigenvalue weighted by molar-refractivity contribution is -0.141. The van der Waals surface area contributed by atoms with Crippen molar-refractivity contribution in [1.82, 2.24) is 10.2 Å². The molecule has 0 saturated heterocycles. The second kappa shape index (κ2) is 7.24. The SMILES string of the molecule is COc1cccc(C(=O)OCCc2cn[nH]c2C(F)(F)F)c1OC. The number of alkyl halides is 3. The summed E-state index contributed by atoms with van der Waals surface area (Å²) in [5.41, 5.74) is -0.898. The van der Waals surface area contributed by atoms with Crippen molar-refractivity contribution in [3.8, 4) is 11.5 Å². The van der Waals surface area contributed by atoms with Gasteiger partial charge in [-0.3, -0.25) is 5.10 Å². The van der Waals surface area contributed by atoms with Gasteiger partial charge in [0.05, 0.1) is 27.0 Å². The second-order valence-corrected chi connectivity index (χ2v) is 4.70. The first-order chi connectivity index (χ1) is 11.4. The first-order valence-corrected chi connectivity index (χ1v) is 6.86. The highest BCUT2D eigenvalue weighted by atomic mass is 19.4. The Bertz CT molecular complexity index is 713. The van der Waals surface area contributed by atoms with Crippen LogP contribution in [0.2, 0.25) is 0 Å². The maximum absolute atomic E-state index is 12.7. The van der Waals surface area contributed by atoms with Crippen LogP contribution in [-0.2, 0) is 17.3 Å². The predicted octanol–water partition coefficient (Wildman–Crippen LogP) is 2.85. The molecule has 1 heterocycles. The summed E-state index contributed by atoms with van der Waals surface area (Å²) in [6, 6.07) is 4.66. The third-order valence-corrected chi connectivity index (χ3v) is 3.23. The lowest BCUT2D eigenvalue weighted by Gasteiger charge is -2.12. The van der Waals surface area contributed by atoms with Crippen molar-refractivity contribution in [2.45, 2.75) is 12.6 Å². The van der Waals surface area contributed by atoms with E-state index in [2.05, 4.69) is 5.10 Å². The number of carbonyl (C=O) groups is 1. The number of esters is 1. The van der Waals surface area contributed by atoms with E-state index in [0.717, 1.165) is 6.20 Å². The third-order valence-electron chi connectivity index (χ3n) is 3.23. The van der Waals surface area contributed by atoms with Gasteiger partial charge in [-0.25, -0.2) is 4.79 Å². The van der Waals surface area contributed by atoms with Gasteiger partial charge in [0.1, 0.15) is 11.3 Å². The molecule has 0 aliphatic carbocycles. The van der Waals surface area contributed by atoms with Crippen LogP contribution in [-0.4, -0.2) is 37.0 Å². The van der Waals surface area contributed by atoms with Crippen molar-refractivity contribution in [2.24, 2.45) is 0 Å². The number of halogens is 3. The number of nitrogens with zero attached hydrogens (tertiary/aromatic N) is 1. The van der Waals surface area contributed by atoms with Crippen LogP contribution in [0.4, 0.5) is 13.2 Å². The molecule has 1 N–H and O–H groups in total. The molecule has 0 spiro atoms. The quantitative estimate of drug-likeness (QED) is 0.816. The number of hydrogen-bond donors (Lipinski definition) is 1. The minimum atomic E-state index is -4.54. The standard InChI is InChI=1S/C15H15F3N2O4/c1-22-11-5-3-4-10(12(11)23-2)14(21)24-7-6-9-8-19-20-13(9)15(16,17)18/h3-5,8H,6-7H2,1-2H3,(H,19,20). The molecule has 1 aromatic carbocycles. The van der Waals surface area contributed by atoms with E-state index in [1.807, 2.05) is 5.10 Å². The molecule has 9 heteroatoms. The average Bonchev–Trinajstić information content (AvgIpc) is 3.02. The van der Waals surface area contributed by atoms with Crippen molar-refractivity contribution < 1.29 is 32.2 Å². The van der Waals surface area contributed by atoms with Gasteiger partial charge in [0.2, 0.25) is 0 Å². The lowest BCUT2D eigenvalue weighted by Crippen LogP contribution is -2.13. The summed E-state index contributed by atoms with van der Waals surface area (Å²) < 4.78 is 53.3. The number of methoxy groups -OCH3 is 2. The van der Waals surface area contributed by atoms with E-state index in [1.165, 1.54) is 20.3 Å². The molecule has 1 aromatic heterocycles. The van der Waals surface area contributed by atoms with E-state index in [9.17, 15) is 18.0 Å². The topological polar surface area (TPSA) is 73.4 Å². The molecule has 0 amide bonds. The van der Waals surface area contributed by atoms with E-state index >= 15 is 0 Å². The Balaban J connectivity index is 2.04. The summed E-state index contributed by atoms with van der Waals surface area (Å²) in [7, 11) is 2.79. The van der Waals surface area contributed by atoms with Crippen LogP contribution in [0, 0.1) is 0 Å². The Kier molecular flexibility index (Phi) is 5.32. The van der Waals surface area contributed by atoms with Crippen LogP contribution in [0.15, 0.2) is 24.4 Å². The Hall–Kier alpha value is -2.71. The zero-order valence-corrected chi connectivity index (χ0v) is 12.9. The summed E-state index contributed by atoms with van der Waals surface area (Å²) >= 11 is 0. The number of H-pyrrole nitrogens is 1. The number of rotatable bonds is 6. The van der Waals surface area contributed by atoms with Crippen molar-refractivity contribution in [1.29, 1.82) is 0 Å². The number of aromatic nitrogens is 2. The van der Waals surface area contributed by atoms with Crippen molar-refractivity contribution in [2.75, 3.05) is 20.8 Å². The number of carbonyl (C=O) groups excluding carboxylic acids is 1. The molecule has 24 heavy (non-hydrogen) atoms. The fourth-order valence-corrected chi connectivity index (χ4v) is 2.13. The molecular formula is C15H15F3N2O4. The molecule has 130 valence electrons. The first-order valence-electron chi connectivity index (χ1n) is 6.86.